The van der Waals surface area contributed by atoms with E-state index in [1.54, 1.807) is 12.1 Å². The molecule has 0 heterocycles. The summed E-state index contributed by atoms with van der Waals surface area (Å²) in [6.45, 7) is 0. The Morgan fingerprint density at radius 2 is 1.89 bits per heavy atom. The van der Waals surface area contributed by atoms with Gasteiger partial charge in [-0.25, -0.2) is 4.39 Å². The van der Waals surface area contributed by atoms with E-state index in [1.165, 1.54) is 11.6 Å². The van der Waals surface area contributed by atoms with Gasteiger partial charge in [0.05, 0.1) is 0 Å². The van der Waals surface area contributed by atoms with Gasteiger partial charge in [0.15, 0.2) is 0 Å². The summed E-state index contributed by atoms with van der Waals surface area (Å²) in [7, 11) is 0. The fourth-order valence-electron chi connectivity index (χ4n) is 2.28. The number of hydrogen-bond acceptors (Lipinski definition) is 0. The summed E-state index contributed by atoms with van der Waals surface area (Å²) in [6.07, 6.45) is 1.12. The summed E-state index contributed by atoms with van der Waals surface area (Å²) >= 11 is 0. The van der Waals surface area contributed by atoms with Crippen LogP contribution in [0.15, 0.2) is 48.5 Å². The molecule has 2 aromatic carbocycles. The number of halogens is 2. The summed E-state index contributed by atoms with van der Waals surface area (Å²) in [5, 5.41) is 0. The molecule has 1 aliphatic rings. The van der Waals surface area contributed by atoms with E-state index in [-0.39, 0.29) is 42.3 Å². The Bertz CT molecular complexity index is 501. The summed E-state index contributed by atoms with van der Waals surface area (Å²) in [6, 6.07) is 18.2. The van der Waals surface area contributed by atoms with Gasteiger partial charge in [-0.05, 0) is 47.6 Å². The van der Waals surface area contributed by atoms with E-state index in [0.29, 0.717) is 11.8 Å². The van der Waals surface area contributed by atoms with Crippen molar-refractivity contribution in [2.75, 3.05) is 0 Å². The van der Waals surface area contributed by atoms with Crippen LogP contribution in [0.3, 0.4) is 0 Å². The second-order valence-corrected chi connectivity index (χ2v) is 4.32. The normalized spacial score (nSPS) is 20.5. The van der Waals surface area contributed by atoms with Crippen LogP contribution in [-0.4, -0.2) is 0 Å². The zero-order valence-corrected chi connectivity index (χ0v) is 14.5. The van der Waals surface area contributed by atoms with E-state index in [9.17, 15) is 4.39 Å². The molecule has 1 radical (unpaired) electrons. The Balaban J connectivity index is 0.000000810. The van der Waals surface area contributed by atoms with Crippen LogP contribution in [-0.2, 0) is 19.5 Å². The van der Waals surface area contributed by atoms with E-state index >= 15 is 0 Å². The molecule has 2 atom stereocenters. The van der Waals surface area contributed by atoms with Crippen LogP contribution < -0.4 is 17.0 Å². The van der Waals surface area contributed by atoms with Crippen LogP contribution in [0.1, 0.15) is 29.4 Å². The van der Waals surface area contributed by atoms with Crippen molar-refractivity contribution in [1.82, 2.24) is 0 Å². The molecule has 0 bridgehead atoms. The molecule has 0 aromatic heterocycles. The van der Waals surface area contributed by atoms with E-state index in [2.05, 4.69) is 12.1 Å². The second-order valence-electron chi connectivity index (χ2n) is 4.32. The summed E-state index contributed by atoms with van der Waals surface area (Å²) in [5.41, 5.74) is 2.36. The largest absolute Gasteiger partial charge is 1.00 e. The van der Waals surface area contributed by atoms with Crippen molar-refractivity contribution in [3.05, 3.63) is 71.5 Å². The third kappa shape index (κ3) is 3.27. The van der Waals surface area contributed by atoms with E-state index in [0.717, 1.165) is 12.0 Å². The molecule has 0 nitrogen and oxygen atoms in total. The maximum atomic E-state index is 13.1. The molecule has 0 spiro atoms. The van der Waals surface area contributed by atoms with Crippen LogP contribution >= 0.6 is 0 Å². The zero-order valence-electron chi connectivity index (χ0n) is 9.94. The standard InChI is InChI=1S/C15H12F.BrH.Zn/c16-13-8-4-7-12(9-13)15-10-14(15)11-5-2-1-3-6-11;;/h1-5,7-9,14-15H,10H2;1H;/p-1/t14-,15-;;/m0../s1. The minimum absolute atomic E-state index is 0. The molecule has 1 saturated carbocycles. The van der Waals surface area contributed by atoms with E-state index in [1.807, 2.05) is 24.3 Å². The summed E-state index contributed by atoms with van der Waals surface area (Å²) < 4.78 is 13.1. The van der Waals surface area contributed by atoms with E-state index < -0.39 is 0 Å². The van der Waals surface area contributed by atoms with Crippen molar-refractivity contribution < 1.29 is 40.8 Å². The fraction of sp³-hybridized carbons (Fsp3) is 0.200. The average molecular weight is 357 g/mol. The van der Waals surface area contributed by atoms with Gasteiger partial charge in [0, 0.05) is 19.5 Å². The van der Waals surface area contributed by atoms with E-state index in [4.69, 9.17) is 0 Å². The van der Waals surface area contributed by atoms with Crippen LogP contribution in [0.25, 0.3) is 0 Å². The maximum Gasteiger partial charge on any atom is 0.123 e. The Morgan fingerprint density at radius 3 is 2.56 bits per heavy atom. The Kier molecular flexibility index (Phi) is 5.68. The van der Waals surface area contributed by atoms with Crippen molar-refractivity contribution >= 4 is 0 Å². The monoisotopic (exact) mass is 354 g/mol. The van der Waals surface area contributed by atoms with Gasteiger partial charge in [0.1, 0.15) is 5.82 Å². The van der Waals surface area contributed by atoms with Crippen molar-refractivity contribution in [2.24, 2.45) is 0 Å². The topological polar surface area (TPSA) is 0 Å². The molecular formula is C15H12BrFZn-. The third-order valence-corrected chi connectivity index (χ3v) is 3.20. The van der Waals surface area contributed by atoms with Gasteiger partial charge >= 0.3 is 0 Å². The first-order chi connectivity index (χ1) is 7.84. The van der Waals surface area contributed by atoms with Crippen molar-refractivity contribution in [2.45, 2.75) is 18.3 Å². The quantitative estimate of drug-likeness (QED) is 0.702. The molecule has 0 aliphatic heterocycles. The zero-order chi connectivity index (χ0) is 11.0. The van der Waals surface area contributed by atoms with Gasteiger partial charge in [-0.1, -0.05) is 36.4 Å². The van der Waals surface area contributed by atoms with Crippen molar-refractivity contribution in [1.29, 1.82) is 0 Å². The minimum Gasteiger partial charge on any atom is -1.00 e. The first-order valence-corrected chi connectivity index (χ1v) is 5.56. The number of benzene rings is 2. The molecular weight excluding hydrogens is 344 g/mol. The van der Waals surface area contributed by atoms with Crippen molar-refractivity contribution in [3.8, 4) is 0 Å². The van der Waals surface area contributed by atoms with Gasteiger partial charge in [-0.15, -0.1) is 0 Å². The molecule has 0 saturated heterocycles. The fourth-order valence-corrected chi connectivity index (χ4v) is 2.28. The smallest absolute Gasteiger partial charge is 0.123 e. The first-order valence-electron chi connectivity index (χ1n) is 5.56. The first kappa shape index (κ1) is 15.5. The molecule has 2 aromatic rings. The molecule has 3 heteroatoms. The maximum absolute atomic E-state index is 13.1. The van der Waals surface area contributed by atoms with Gasteiger partial charge < -0.3 is 17.0 Å². The molecule has 0 N–H and O–H groups in total. The predicted octanol–water partition coefficient (Wildman–Crippen LogP) is 0.898. The predicted molar refractivity (Wildman–Crippen MR) is 61.8 cm³/mol. The van der Waals surface area contributed by atoms with Gasteiger partial charge in [0.25, 0.3) is 0 Å². The van der Waals surface area contributed by atoms with Gasteiger partial charge in [0.2, 0.25) is 0 Å². The summed E-state index contributed by atoms with van der Waals surface area (Å²) in [4.78, 5) is 0. The Labute approximate surface area is 130 Å². The number of rotatable bonds is 2. The van der Waals surface area contributed by atoms with Crippen LogP contribution in [0.5, 0.6) is 0 Å². The second kappa shape index (κ2) is 6.59. The molecule has 89 valence electrons. The molecule has 1 fully saturated rings. The summed E-state index contributed by atoms with van der Waals surface area (Å²) in [5.74, 6) is 0.873. The Hall–Kier alpha value is -0.527. The minimum atomic E-state index is -0.139. The SMILES string of the molecule is Fc1cccc([C@@H]2C[C@H]2c2[c]cccc2)c1.[Br-].[Zn]. The molecule has 0 amide bonds. The third-order valence-electron chi connectivity index (χ3n) is 3.20. The molecule has 18 heavy (non-hydrogen) atoms. The van der Waals surface area contributed by atoms with Crippen LogP contribution in [0.4, 0.5) is 4.39 Å². The van der Waals surface area contributed by atoms with Crippen LogP contribution in [0.2, 0.25) is 0 Å². The van der Waals surface area contributed by atoms with Gasteiger partial charge in [-0.3, -0.25) is 0 Å². The molecule has 3 rings (SSSR count). The molecule has 0 unspecified atom stereocenters. The van der Waals surface area contributed by atoms with Gasteiger partial charge in [-0.2, -0.15) is 0 Å². The van der Waals surface area contributed by atoms with Crippen LogP contribution in [0, 0.1) is 11.9 Å². The van der Waals surface area contributed by atoms with Crippen molar-refractivity contribution in [3.63, 3.8) is 0 Å². The average Bonchev–Trinajstić information content (AvgIpc) is 3.10. The molecule has 1 aliphatic carbocycles. The Morgan fingerprint density at radius 1 is 1.06 bits per heavy atom. The number of hydrogen-bond donors (Lipinski definition) is 0.